The summed E-state index contributed by atoms with van der Waals surface area (Å²) >= 11 is 0. The molecule has 0 aliphatic rings. The number of hydrogen-bond acceptors (Lipinski definition) is 4. The second-order valence-electron chi connectivity index (χ2n) is 4.48. The second kappa shape index (κ2) is 5.75. The van der Waals surface area contributed by atoms with Gasteiger partial charge in [0.2, 0.25) is 0 Å². The van der Waals surface area contributed by atoms with E-state index >= 15 is 0 Å². The van der Waals surface area contributed by atoms with E-state index in [9.17, 15) is 0 Å². The summed E-state index contributed by atoms with van der Waals surface area (Å²) in [5, 5.41) is 7.77. The number of nitrogens with zero attached hydrogens (tertiary/aromatic N) is 2. The topological polar surface area (TPSA) is 65.1 Å². The van der Waals surface area contributed by atoms with Crippen molar-refractivity contribution < 1.29 is 4.74 Å². The molecule has 0 saturated heterocycles. The zero-order valence-electron chi connectivity index (χ0n) is 11.6. The molecule has 0 fully saturated rings. The lowest BCUT2D eigenvalue weighted by Gasteiger charge is -2.19. The summed E-state index contributed by atoms with van der Waals surface area (Å²) in [6.45, 7) is 2.48. The predicted octanol–water partition coefficient (Wildman–Crippen LogP) is 1.85. The third-order valence-corrected chi connectivity index (χ3v) is 3.10. The maximum absolute atomic E-state index is 5.88. The zero-order chi connectivity index (χ0) is 13.8. The van der Waals surface area contributed by atoms with Crippen LogP contribution in [-0.2, 0) is 7.05 Å². The summed E-state index contributed by atoms with van der Waals surface area (Å²) in [7, 11) is 3.57. The largest absolute Gasteiger partial charge is 0.495 e. The van der Waals surface area contributed by atoms with Gasteiger partial charge in [0.25, 0.3) is 0 Å². The molecule has 0 aliphatic carbocycles. The Morgan fingerprint density at radius 2 is 2.16 bits per heavy atom. The third-order valence-electron chi connectivity index (χ3n) is 3.10. The van der Waals surface area contributed by atoms with E-state index in [2.05, 4.69) is 10.4 Å². The van der Waals surface area contributed by atoms with Crippen molar-refractivity contribution in [3.05, 3.63) is 41.7 Å². The molecule has 5 heteroatoms. The lowest BCUT2D eigenvalue weighted by Crippen LogP contribution is -2.21. The summed E-state index contributed by atoms with van der Waals surface area (Å²) < 4.78 is 7.14. The molecular weight excluding hydrogens is 240 g/mol. The van der Waals surface area contributed by atoms with Crippen LogP contribution in [0.2, 0.25) is 0 Å². The number of para-hydroxylation sites is 2. The Morgan fingerprint density at radius 1 is 1.42 bits per heavy atom. The van der Waals surface area contributed by atoms with Gasteiger partial charge in [0.05, 0.1) is 24.5 Å². The number of methoxy groups -OCH3 is 1. The summed E-state index contributed by atoms with van der Waals surface area (Å²) in [5.41, 5.74) is 8.91. The Balaban J connectivity index is 2.26. The van der Waals surface area contributed by atoms with Gasteiger partial charge in [-0.25, -0.2) is 0 Å². The Labute approximate surface area is 113 Å². The molecule has 19 heavy (non-hydrogen) atoms. The van der Waals surface area contributed by atoms with Crippen molar-refractivity contribution in [2.24, 2.45) is 12.8 Å². The molecule has 0 saturated carbocycles. The molecule has 2 aromatic rings. The van der Waals surface area contributed by atoms with E-state index in [-0.39, 0.29) is 6.04 Å². The summed E-state index contributed by atoms with van der Waals surface area (Å²) in [4.78, 5) is 0. The highest BCUT2D eigenvalue weighted by molar-refractivity contribution is 5.57. The number of ether oxygens (including phenoxy) is 1. The standard InChI is InChI=1S/C14H20N4O/c1-10-11(9-18(2)17-10)13(8-15)16-12-6-4-5-7-14(12)19-3/h4-7,9,13,16H,8,15H2,1-3H3. The zero-order valence-corrected chi connectivity index (χ0v) is 11.6. The number of rotatable bonds is 5. The Hall–Kier alpha value is -2.01. The quantitative estimate of drug-likeness (QED) is 0.861. The average Bonchev–Trinajstić information content (AvgIpc) is 2.75. The number of nitrogens with two attached hydrogens (primary N) is 1. The lowest BCUT2D eigenvalue weighted by atomic mass is 10.1. The molecular formula is C14H20N4O. The highest BCUT2D eigenvalue weighted by atomic mass is 16.5. The number of nitrogens with one attached hydrogen (secondary N) is 1. The smallest absolute Gasteiger partial charge is 0.141 e. The fraction of sp³-hybridized carbons (Fsp3) is 0.357. The van der Waals surface area contributed by atoms with Crippen LogP contribution in [0.3, 0.4) is 0 Å². The van der Waals surface area contributed by atoms with E-state index in [4.69, 9.17) is 10.5 Å². The normalized spacial score (nSPS) is 12.2. The third kappa shape index (κ3) is 2.88. The molecule has 0 spiro atoms. The van der Waals surface area contributed by atoms with Gasteiger partial charge < -0.3 is 15.8 Å². The molecule has 0 bridgehead atoms. The minimum absolute atomic E-state index is 0.0185. The van der Waals surface area contributed by atoms with E-state index in [0.717, 1.165) is 22.7 Å². The van der Waals surface area contributed by atoms with E-state index < -0.39 is 0 Å². The van der Waals surface area contributed by atoms with Gasteiger partial charge in [-0.05, 0) is 19.1 Å². The van der Waals surface area contributed by atoms with Gasteiger partial charge in [0, 0.05) is 25.4 Å². The first-order valence-corrected chi connectivity index (χ1v) is 6.25. The second-order valence-corrected chi connectivity index (χ2v) is 4.48. The molecule has 3 N–H and O–H groups in total. The van der Waals surface area contributed by atoms with Gasteiger partial charge in [-0.3, -0.25) is 4.68 Å². The van der Waals surface area contributed by atoms with Gasteiger partial charge in [0.15, 0.2) is 0 Å². The maximum atomic E-state index is 5.88. The Kier molecular flexibility index (Phi) is 4.06. The maximum Gasteiger partial charge on any atom is 0.141 e. The number of hydrogen-bond donors (Lipinski definition) is 2. The van der Waals surface area contributed by atoms with Crippen molar-refractivity contribution in [3.63, 3.8) is 0 Å². The van der Waals surface area contributed by atoms with Crippen LogP contribution in [0, 0.1) is 6.92 Å². The van der Waals surface area contributed by atoms with Crippen LogP contribution >= 0.6 is 0 Å². The van der Waals surface area contributed by atoms with E-state index in [1.807, 2.05) is 44.4 Å². The first kappa shape index (κ1) is 13.4. The summed E-state index contributed by atoms with van der Waals surface area (Å²) in [6, 6.07) is 7.83. The lowest BCUT2D eigenvalue weighted by molar-refractivity contribution is 0.416. The molecule has 1 atom stereocenters. The highest BCUT2D eigenvalue weighted by Crippen LogP contribution is 2.28. The molecule has 1 aromatic heterocycles. The fourth-order valence-corrected chi connectivity index (χ4v) is 2.18. The minimum Gasteiger partial charge on any atom is -0.495 e. The van der Waals surface area contributed by atoms with Gasteiger partial charge in [0.1, 0.15) is 5.75 Å². The summed E-state index contributed by atoms with van der Waals surface area (Å²) in [5.74, 6) is 0.808. The molecule has 102 valence electrons. The average molecular weight is 260 g/mol. The Bertz CT molecular complexity index is 550. The van der Waals surface area contributed by atoms with Gasteiger partial charge in [-0.1, -0.05) is 12.1 Å². The van der Waals surface area contributed by atoms with Crippen LogP contribution in [0.25, 0.3) is 0 Å². The molecule has 0 amide bonds. The molecule has 5 nitrogen and oxygen atoms in total. The molecule has 0 aliphatic heterocycles. The van der Waals surface area contributed by atoms with Crippen molar-refractivity contribution in [1.82, 2.24) is 9.78 Å². The number of benzene rings is 1. The van der Waals surface area contributed by atoms with Crippen LogP contribution in [0.4, 0.5) is 5.69 Å². The first-order valence-electron chi connectivity index (χ1n) is 6.25. The van der Waals surface area contributed by atoms with Crippen LogP contribution in [-0.4, -0.2) is 23.4 Å². The van der Waals surface area contributed by atoms with Crippen molar-refractivity contribution in [2.75, 3.05) is 19.0 Å². The molecule has 0 radical (unpaired) electrons. The van der Waals surface area contributed by atoms with E-state index in [0.29, 0.717) is 6.54 Å². The van der Waals surface area contributed by atoms with E-state index in [1.54, 1.807) is 11.8 Å². The van der Waals surface area contributed by atoms with Crippen LogP contribution in [0.15, 0.2) is 30.5 Å². The number of aromatic nitrogens is 2. The van der Waals surface area contributed by atoms with Gasteiger partial charge >= 0.3 is 0 Å². The Morgan fingerprint density at radius 3 is 2.74 bits per heavy atom. The molecule has 1 heterocycles. The van der Waals surface area contributed by atoms with Gasteiger partial charge in [-0.15, -0.1) is 0 Å². The minimum atomic E-state index is 0.0185. The fourth-order valence-electron chi connectivity index (χ4n) is 2.18. The van der Waals surface area contributed by atoms with Crippen molar-refractivity contribution in [1.29, 1.82) is 0 Å². The SMILES string of the molecule is COc1ccccc1NC(CN)c1cn(C)nc1C. The van der Waals surface area contributed by atoms with Crippen LogP contribution in [0.5, 0.6) is 5.75 Å². The number of anilines is 1. The monoisotopic (exact) mass is 260 g/mol. The number of aryl methyl sites for hydroxylation is 2. The van der Waals surface area contributed by atoms with E-state index in [1.165, 1.54) is 0 Å². The molecule has 1 unspecified atom stereocenters. The van der Waals surface area contributed by atoms with Crippen molar-refractivity contribution in [2.45, 2.75) is 13.0 Å². The summed E-state index contributed by atoms with van der Waals surface area (Å²) in [6.07, 6.45) is 2.00. The van der Waals surface area contributed by atoms with Gasteiger partial charge in [-0.2, -0.15) is 5.10 Å². The molecule has 2 rings (SSSR count). The van der Waals surface area contributed by atoms with Crippen molar-refractivity contribution >= 4 is 5.69 Å². The van der Waals surface area contributed by atoms with Crippen LogP contribution in [0.1, 0.15) is 17.3 Å². The van der Waals surface area contributed by atoms with Crippen molar-refractivity contribution in [3.8, 4) is 5.75 Å². The highest BCUT2D eigenvalue weighted by Gasteiger charge is 2.16. The predicted molar refractivity (Wildman–Crippen MR) is 76.4 cm³/mol. The molecule has 1 aromatic carbocycles. The first-order chi connectivity index (χ1) is 9.15. The van der Waals surface area contributed by atoms with Crippen LogP contribution < -0.4 is 15.8 Å².